The number of thioether (sulfide) groups is 1. The number of nitro benzene ring substituents is 1. The van der Waals surface area contributed by atoms with Gasteiger partial charge in [-0.25, -0.2) is 9.18 Å². The molecule has 0 saturated carbocycles. The van der Waals surface area contributed by atoms with Crippen molar-refractivity contribution in [1.82, 2.24) is 0 Å². The zero-order chi connectivity index (χ0) is 15.4. The van der Waals surface area contributed by atoms with Crippen LogP contribution in [0, 0.1) is 15.9 Å². The van der Waals surface area contributed by atoms with Crippen molar-refractivity contribution in [3.05, 3.63) is 33.6 Å². The molecular weight excluding hydrogens is 301 g/mol. The maximum absolute atomic E-state index is 13.7. The number of benzene rings is 1. The molecule has 0 bridgehead atoms. The second-order valence-electron chi connectivity index (χ2n) is 4.49. The first-order valence-corrected chi connectivity index (χ1v) is 7.32. The van der Waals surface area contributed by atoms with Crippen LogP contribution in [0.4, 0.5) is 10.1 Å². The Labute approximate surface area is 124 Å². The highest BCUT2D eigenvalue weighted by Crippen LogP contribution is 2.33. The van der Waals surface area contributed by atoms with E-state index in [2.05, 4.69) is 4.74 Å². The van der Waals surface area contributed by atoms with E-state index in [9.17, 15) is 19.3 Å². The molecule has 1 saturated heterocycles. The molecule has 2 rings (SSSR count). The maximum Gasteiger partial charge on any atom is 0.340 e. The molecule has 0 spiro atoms. The summed E-state index contributed by atoms with van der Waals surface area (Å²) >= 11 is 1.18. The smallest absolute Gasteiger partial charge is 0.340 e. The lowest BCUT2D eigenvalue weighted by atomic mass is 10.2. The van der Waals surface area contributed by atoms with Crippen LogP contribution in [0.2, 0.25) is 0 Å². The van der Waals surface area contributed by atoms with Crippen LogP contribution in [0.5, 0.6) is 0 Å². The van der Waals surface area contributed by atoms with Crippen molar-refractivity contribution >= 4 is 23.4 Å². The molecule has 1 unspecified atom stereocenters. The summed E-state index contributed by atoms with van der Waals surface area (Å²) in [7, 11) is 1.13. The van der Waals surface area contributed by atoms with Crippen LogP contribution in [0.15, 0.2) is 17.0 Å². The largest absolute Gasteiger partial charge is 0.465 e. The van der Waals surface area contributed by atoms with Gasteiger partial charge in [-0.3, -0.25) is 10.1 Å². The van der Waals surface area contributed by atoms with Gasteiger partial charge in [-0.15, -0.1) is 11.8 Å². The highest BCUT2D eigenvalue weighted by molar-refractivity contribution is 7.99. The van der Waals surface area contributed by atoms with E-state index in [1.807, 2.05) is 0 Å². The zero-order valence-electron chi connectivity index (χ0n) is 11.3. The first-order chi connectivity index (χ1) is 10.0. The molecule has 0 radical (unpaired) electrons. The van der Waals surface area contributed by atoms with E-state index >= 15 is 0 Å². The quantitative estimate of drug-likeness (QED) is 0.360. The highest BCUT2D eigenvalue weighted by Gasteiger charge is 2.24. The maximum atomic E-state index is 13.7. The lowest BCUT2D eigenvalue weighted by Gasteiger charge is -2.10. The molecule has 114 valence electrons. The van der Waals surface area contributed by atoms with Gasteiger partial charge in [0.05, 0.1) is 34.7 Å². The van der Waals surface area contributed by atoms with Gasteiger partial charge in [0.25, 0.3) is 5.69 Å². The fourth-order valence-electron chi connectivity index (χ4n) is 2.03. The highest BCUT2D eigenvalue weighted by atomic mass is 32.2. The number of hydrogen-bond acceptors (Lipinski definition) is 6. The fourth-order valence-corrected chi connectivity index (χ4v) is 3.14. The summed E-state index contributed by atoms with van der Waals surface area (Å²) in [6.07, 6.45) is 1.89. The van der Waals surface area contributed by atoms with Crippen LogP contribution in [0.1, 0.15) is 23.2 Å². The summed E-state index contributed by atoms with van der Waals surface area (Å²) in [6, 6.07) is 1.92. The number of nitro groups is 1. The Kier molecular flexibility index (Phi) is 5.13. The number of halogens is 1. The molecule has 8 heteroatoms. The molecule has 0 aliphatic carbocycles. The van der Waals surface area contributed by atoms with Gasteiger partial charge >= 0.3 is 5.97 Å². The molecule has 0 aromatic heterocycles. The van der Waals surface area contributed by atoms with Gasteiger partial charge in [0.15, 0.2) is 0 Å². The SMILES string of the molecule is COC(=O)c1cc(SCC2CCCO2)c([N+](=O)[O-])cc1F. The minimum atomic E-state index is -0.963. The Morgan fingerprint density at radius 2 is 2.38 bits per heavy atom. The predicted octanol–water partition coefficient (Wildman–Crippen LogP) is 2.79. The predicted molar refractivity (Wildman–Crippen MR) is 74.1 cm³/mol. The summed E-state index contributed by atoms with van der Waals surface area (Å²) < 4.78 is 23.6. The van der Waals surface area contributed by atoms with Gasteiger partial charge in [0.1, 0.15) is 5.82 Å². The number of ether oxygens (including phenoxy) is 2. The molecule has 21 heavy (non-hydrogen) atoms. The topological polar surface area (TPSA) is 78.7 Å². The zero-order valence-corrected chi connectivity index (χ0v) is 12.2. The molecular formula is C13H14FNO5S. The van der Waals surface area contributed by atoms with Crippen molar-refractivity contribution in [2.75, 3.05) is 19.5 Å². The lowest BCUT2D eigenvalue weighted by molar-refractivity contribution is -0.387. The van der Waals surface area contributed by atoms with E-state index in [1.165, 1.54) is 17.8 Å². The summed E-state index contributed by atoms with van der Waals surface area (Å²) in [5.41, 5.74) is -0.666. The summed E-state index contributed by atoms with van der Waals surface area (Å²) in [5, 5.41) is 11.0. The minimum Gasteiger partial charge on any atom is -0.465 e. The van der Waals surface area contributed by atoms with Crippen LogP contribution < -0.4 is 0 Å². The minimum absolute atomic E-state index is 0.0289. The molecule has 1 atom stereocenters. The molecule has 1 aliphatic heterocycles. The summed E-state index contributed by atoms with van der Waals surface area (Å²) in [4.78, 5) is 22.0. The van der Waals surface area contributed by atoms with E-state index in [1.54, 1.807) is 0 Å². The van der Waals surface area contributed by atoms with Gasteiger partial charge in [-0.05, 0) is 18.9 Å². The van der Waals surface area contributed by atoms with E-state index < -0.39 is 16.7 Å². The van der Waals surface area contributed by atoms with Gasteiger partial charge in [0.2, 0.25) is 0 Å². The standard InChI is InChI=1S/C13H14FNO5S/c1-19-13(16)9-5-12(11(15(17)18)6-10(9)14)21-7-8-3-2-4-20-8/h5-6,8H,2-4,7H2,1H3. The Morgan fingerprint density at radius 1 is 1.62 bits per heavy atom. The van der Waals surface area contributed by atoms with Crippen LogP contribution in [-0.2, 0) is 9.47 Å². The Morgan fingerprint density at radius 3 is 2.95 bits per heavy atom. The van der Waals surface area contributed by atoms with E-state index in [0.717, 1.165) is 26.0 Å². The van der Waals surface area contributed by atoms with Crippen LogP contribution in [0.3, 0.4) is 0 Å². The second-order valence-corrected chi connectivity index (χ2v) is 5.56. The third-order valence-electron chi connectivity index (χ3n) is 3.10. The molecule has 0 amide bonds. The third-order valence-corrected chi connectivity index (χ3v) is 4.28. The van der Waals surface area contributed by atoms with Crippen LogP contribution >= 0.6 is 11.8 Å². The van der Waals surface area contributed by atoms with Crippen LogP contribution in [-0.4, -0.2) is 36.5 Å². The Hall–Kier alpha value is -1.67. The van der Waals surface area contributed by atoms with E-state index in [-0.39, 0.29) is 22.3 Å². The number of carbonyl (C=O) groups is 1. The summed E-state index contributed by atoms with van der Waals surface area (Å²) in [6.45, 7) is 0.685. The van der Waals surface area contributed by atoms with Gasteiger partial charge < -0.3 is 9.47 Å². The fraction of sp³-hybridized carbons (Fsp3) is 0.462. The normalized spacial score (nSPS) is 17.7. The van der Waals surface area contributed by atoms with E-state index in [0.29, 0.717) is 12.4 Å². The number of rotatable bonds is 5. The van der Waals surface area contributed by atoms with Gasteiger partial charge in [-0.1, -0.05) is 0 Å². The monoisotopic (exact) mass is 315 g/mol. The van der Waals surface area contributed by atoms with Crippen molar-refractivity contribution in [3.63, 3.8) is 0 Å². The first-order valence-electron chi connectivity index (χ1n) is 6.33. The number of nitrogens with zero attached hydrogens (tertiary/aromatic N) is 1. The number of carbonyl (C=O) groups excluding carboxylic acids is 1. The van der Waals surface area contributed by atoms with Gasteiger partial charge in [-0.2, -0.15) is 0 Å². The Bertz CT molecular complexity index is 560. The average molecular weight is 315 g/mol. The third kappa shape index (κ3) is 3.70. The van der Waals surface area contributed by atoms with Crippen molar-refractivity contribution < 1.29 is 23.6 Å². The number of methoxy groups -OCH3 is 1. The average Bonchev–Trinajstić information content (AvgIpc) is 2.98. The molecule has 1 heterocycles. The number of hydrogen-bond donors (Lipinski definition) is 0. The molecule has 1 fully saturated rings. The number of esters is 1. The van der Waals surface area contributed by atoms with Crippen LogP contribution in [0.25, 0.3) is 0 Å². The molecule has 6 nitrogen and oxygen atoms in total. The molecule has 0 N–H and O–H groups in total. The Balaban J connectivity index is 2.26. The molecule has 1 aromatic carbocycles. The second kappa shape index (κ2) is 6.86. The van der Waals surface area contributed by atoms with Crippen molar-refractivity contribution in [2.24, 2.45) is 0 Å². The van der Waals surface area contributed by atoms with Crippen molar-refractivity contribution in [1.29, 1.82) is 0 Å². The van der Waals surface area contributed by atoms with Crippen molar-refractivity contribution in [2.45, 2.75) is 23.8 Å². The van der Waals surface area contributed by atoms with Gasteiger partial charge in [0, 0.05) is 12.4 Å². The molecule has 1 aliphatic rings. The van der Waals surface area contributed by atoms with Crippen molar-refractivity contribution in [3.8, 4) is 0 Å². The molecule has 1 aromatic rings. The van der Waals surface area contributed by atoms with E-state index in [4.69, 9.17) is 4.74 Å². The summed E-state index contributed by atoms with van der Waals surface area (Å²) in [5.74, 6) is -1.30. The lowest BCUT2D eigenvalue weighted by Crippen LogP contribution is -2.09. The first kappa shape index (κ1) is 15.7.